The molecule has 2 N–H and O–H groups in total. The van der Waals surface area contributed by atoms with Crippen molar-refractivity contribution in [2.75, 3.05) is 13.2 Å². The zero-order valence-electron chi connectivity index (χ0n) is 13.5. The second kappa shape index (κ2) is 6.23. The van der Waals surface area contributed by atoms with Crippen molar-refractivity contribution in [3.63, 3.8) is 0 Å². The summed E-state index contributed by atoms with van der Waals surface area (Å²) < 4.78 is 0. The Bertz CT molecular complexity index is 1030. The molecular weight excluding hydrogens is 296 g/mol. The van der Waals surface area contributed by atoms with Gasteiger partial charge < -0.3 is 10.2 Å². The molecule has 0 aromatic heterocycles. The van der Waals surface area contributed by atoms with Crippen LogP contribution in [0.5, 0.6) is 0 Å². The van der Waals surface area contributed by atoms with Crippen molar-refractivity contribution in [1.29, 1.82) is 0 Å². The molecule has 2 nitrogen and oxygen atoms in total. The van der Waals surface area contributed by atoms with E-state index in [0.717, 1.165) is 0 Å². The van der Waals surface area contributed by atoms with Crippen LogP contribution < -0.4 is 0 Å². The van der Waals surface area contributed by atoms with Crippen LogP contribution in [0.2, 0.25) is 0 Å². The molecule has 0 atom stereocenters. The molecule has 0 aliphatic rings. The molecule has 0 spiro atoms. The maximum Gasteiger partial charge on any atom is 0.0471 e. The number of aliphatic hydroxyl groups excluding tert-OH is 2. The molecule has 0 heterocycles. The van der Waals surface area contributed by atoms with Gasteiger partial charge in [-0.05, 0) is 62.4 Å². The van der Waals surface area contributed by atoms with Crippen molar-refractivity contribution in [2.24, 2.45) is 0 Å². The second-order valence-corrected chi connectivity index (χ2v) is 6.20. The predicted octanol–water partition coefficient (Wildman–Crippen LogP) is 4.22. The highest BCUT2D eigenvalue weighted by Gasteiger charge is 2.10. The van der Waals surface area contributed by atoms with Gasteiger partial charge in [0.1, 0.15) is 0 Å². The molecular formula is C22H20O2. The number of rotatable bonds is 4. The molecule has 0 amide bonds. The highest BCUT2D eigenvalue weighted by molar-refractivity contribution is 6.18. The summed E-state index contributed by atoms with van der Waals surface area (Å²) in [6, 6.07) is 21.3. The molecule has 0 radical (unpaired) electrons. The van der Waals surface area contributed by atoms with E-state index < -0.39 is 0 Å². The first kappa shape index (κ1) is 15.1. The van der Waals surface area contributed by atoms with Gasteiger partial charge in [-0.15, -0.1) is 0 Å². The van der Waals surface area contributed by atoms with Gasteiger partial charge in [0, 0.05) is 13.2 Å². The third kappa shape index (κ3) is 2.35. The summed E-state index contributed by atoms with van der Waals surface area (Å²) in [5.41, 5.74) is 2.36. The third-order valence-corrected chi connectivity index (χ3v) is 4.84. The van der Waals surface area contributed by atoms with Crippen molar-refractivity contribution < 1.29 is 10.2 Å². The maximum atomic E-state index is 9.45. The average Bonchev–Trinajstić information content (AvgIpc) is 2.62. The van der Waals surface area contributed by atoms with Crippen LogP contribution in [0.1, 0.15) is 11.1 Å². The summed E-state index contributed by atoms with van der Waals surface area (Å²) >= 11 is 0. The van der Waals surface area contributed by atoms with E-state index in [1.807, 2.05) is 0 Å². The van der Waals surface area contributed by atoms with Gasteiger partial charge in [-0.2, -0.15) is 0 Å². The fourth-order valence-corrected chi connectivity index (χ4v) is 3.75. The number of benzene rings is 4. The molecule has 24 heavy (non-hydrogen) atoms. The molecule has 0 fully saturated rings. The fourth-order valence-electron chi connectivity index (χ4n) is 3.75. The largest absolute Gasteiger partial charge is 0.396 e. The van der Waals surface area contributed by atoms with Crippen LogP contribution in [0.4, 0.5) is 0 Å². The lowest BCUT2D eigenvalue weighted by atomic mass is 9.91. The monoisotopic (exact) mass is 316 g/mol. The standard InChI is InChI=1S/C22H20O2/c23-12-10-15-4-3-7-20-18(15)8-9-21-19-6-2-1-5-17(19)16(11-13-24)14-22(20)21/h1-9,14,23-24H,10-13H2. The van der Waals surface area contributed by atoms with Gasteiger partial charge in [-0.25, -0.2) is 0 Å². The quantitative estimate of drug-likeness (QED) is 0.554. The molecule has 4 aromatic rings. The molecule has 120 valence electrons. The highest BCUT2D eigenvalue weighted by atomic mass is 16.3. The van der Waals surface area contributed by atoms with Gasteiger partial charge in [0.15, 0.2) is 0 Å². The zero-order chi connectivity index (χ0) is 16.5. The van der Waals surface area contributed by atoms with Crippen LogP contribution in [0, 0.1) is 0 Å². The van der Waals surface area contributed by atoms with Crippen molar-refractivity contribution in [3.8, 4) is 0 Å². The first-order chi connectivity index (χ1) is 11.8. The van der Waals surface area contributed by atoms with Crippen LogP contribution in [0.3, 0.4) is 0 Å². The lowest BCUT2D eigenvalue weighted by Gasteiger charge is -2.13. The first-order valence-electron chi connectivity index (χ1n) is 8.40. The van der Waals surface area contributed by atoms with Crippen molar-refractivity contribution in [2.45, 2.75) is 12.8 Å². The lowest BCUT2D eigenvalue weighted by molar-refractivity contribution is 0.299. The topological polar surface area (TPSA) is 40.5 Å². The molecule has 0 saturated heterocycles. The minimum absolute atomic E-state index is 0.149. The van der Waals surface area contributed by atoms with E-state index in [-0.39, 0.29) is 13.2 Å². The third-order valence-electron chi connectivity index (χ3n) is 4.84. The minimum atomic E-state index is 0.149. The number of fused-ring (bicyclic) bond motifs is 5. The highest BCUT2D eigenvalue weighted by Crippen LogP contribution is 2.34. The van der Waals surface area contributed by atoms with Gasteiger partial charge >= 0.3 is 0 Å². The Labute approximate surface area is 141 Å². The normalized spacial score (nSPS) is 11.6. The predicted molar refractivity (Wildman–Crippen MR) is 101 cm³/mol. The Morgan fingerprint density at radius 3 is 1.83 bits per heavy atom. The maximum absolute atomic E-state index is 9.45. The van der Waals surface area contributed by atoms with Crippen LogP contribution in [0.25, 0.3) is 32.3 Å². The Balaban J connectivity index is 2.14. The summed E-state index contributed by atoms with van der Waals surface area (Å²) in [5, 5.41) is 26.1. The van der Waals surface area contributed by atoms with Gasteiger partial charge in [0.25, 0.3) is 0 Å². The lowest BCUT2D eigenvalue weighted by Crippen LogP contribution is -1.95. The SMILES string of the molecule is OCCc1cc2c3cccc(CCO)c3ccc2c2ccccc12. The Kier molecular flexibility index (Phi) is 3.93. The first-order valence-corrected chi connectivity index (χ1v) is 8.40. The van der Waals surface area contributed by atoms with E-state index in [9.17, 15) is 10.2 Å². The number of aliphatic hydroxyl groups is 2. The van der Waals surface area contributed by atoms with Crippen molar-refractivity contribution in [1.82, 2.24) is 0 Å². The summed E-state index contributed by atoms with van der Waals surface area (Å²) in [7, 11) is 0. The molecule has 0 unspecified atom stereocenters. The van der Waals surface area contributed by atoms with E-state index >= 15 is 0 Å². The van der Waals surface area contributed by atoms with Gasteiger partial charge in [0.2, 0.25) is 0 Å². The molecule has 0 bridgehead atoms. The van der Waals surface area contributed by atoms with Crippen LogP contribution >= 0.6 is 0 Å². The molecule has 4 rings (SSSR count). The van der Waals surface area contributed by atoms with E-state index in [2.05, 4.69) is 60.7 Å². The summed E-state index contributed by atoms with van der Waals surface area (Å²) in [5.74, 6) is 0. The van der Waals surface area contributed by atoms with E-state index in [4.69, 9.17) is 0 Å². The van der Waals surface area contributed by atoms with E-state index in [1.165, 1.54) is 43.4 Å². The summed E-state index contributed by atoms with van der Waals surface area (Å²) in [6.07, 6.45) is 1.32. The fraction of sp³-hybridized carbons (Fsp3) is 0.182. The van der Waals surface area contributed by atoms with Gasteiger partial charge in [-0.1, -0.05) is 54.6 Å². The Hall–Kier alpha value is -2.42. The Morgan fingerprint density at radius 2 is 1.04 bits per heavy atom. The smallest absolute Gasteiger partial charge is 0.0471 e. The van der Waals surface area contributed by atoms with Gasteiger partial charge in [-0.3, -0.25) is 0 Å². The summed E-state index contributed by atoms with van der Waals surface area (Å²) in [6.45, 7) is 0.306. The molecule has 0 aliphatic carbocycles. The molecule has 2 heteroatoms. The number of hydrogen-bond donors (Lipinski definition) is 2. The van der Waals surface area contributed by atoms with Crippen LogP contribution in [-0.2, 0) is 12.8 Å². The van der Waals surface area contributed by atoms with Crippen LogP contribution in [-0.4, -0.2) is 23.4 Å². The number of hydrogen-bond acceptors (Lipinski definition) is 2. The van der Waals surface area contributed by atoms with Crippen molar-refractivity contribution in [3.05, 3.63) is 71.8 Å². The average molecular weight is 316 g/mol. The Morgan fingerprint density at radius 1 is 0.500 bits per heavy atom. The molecule has 0 saturated carbocycles. The van der Waals surface area contributed by atoms with E-state index in [1.54, 1.807) is 0 Å². The van der Waals surface area contributed by atoms with Gasteiger partial charge in [0.05, 0.1) is 0 Å². The zero-order valence-corrected chi connectivity index (χ0v) is 13.5. The molecule has 4 aromatic carbocycles. The minimum Gasteiger partial charge on any atom is -0.396 e. The van der Waals surface area contributed by atoms with Crippen LogP contribution in [0.15, 0.2) is 60.7 Å². The molecule has 0 aliphatic heterocycles. The second-order valence-electron chi connectivity index (χ2n) is 6.20. The summed E-state index contributed by atoms with van der Waals surface area (Å²) in [4.78, 5) is 0. The van der Waals surface area contributed by atoms with Crippen molar-refractivity contribution >= 4 is 32.3 Å². The van der Waals surface area contributed by atoms with E-state index in [0.29, 0.717) is 12.8 Å².